The van der Waals surface area contributed by atoms with Gasteiger partial charge < -0.3 is 9.32 Å². The SMILES string of the molecule is Cc1ccc(CN(C(=O)c2cc(=O)c3cc(Cl)c(C)cc3o2)[C@@H]2CCS(=O)(=O)C2)cc1. The number of hydrogen-bond donors (Lipinski definition) is 0. The first kappa shape index (κ1) is 21.6. The number of aryl methyl sites for hydroxylation is 2. The fourth-order valence-corrected chi connectivity index (χ4v) is 5.70. The molecule has 8 heteroatoms. The molecule has 3 aromatic rings. The summed E-state index contributed by atoms with van der Waals surface area (Å²) in [5.41, 5.74) is 2.57. The number of sulfone groups is 1. The van der Waals surface area contributed by atoms with Gasteiger partial charge in [-0.1, -0.05) is 41.4 Å². The van der Waals surface area contributed by atoms with Crippen molar-refractivity contribution in [1.82, 2.24) is 4.90 Å². The van der Waals surface area contributed by atoms with Crippen LogP contribution in [0.1, 0.15) is 33.7 Å². The molecule has 0 bridgehead atoms. The summed E-state index contributed by atoms with van der Waals surface area (Å²) in [6, 6.07) is 11.5. The van der Waals surface area contributed by atoms with Crippen LogP contribution in [-0.4, -0.2) is 36.8 Å². The van der Waals surface area contributed by atoms with Gasteiger partial charge in [0.15, 0.2) is 21.0 Å². The lowest BCUT2D eigenvalue weighted by Crippen LogP contribution is -2.40. The van der Waals surface area contributed by atoms with Gasteiger partial charge in [0.25, 0.3) is 5.91 Å². The quantitative estimate of drug-likeness (QED) is 0.590. The molecule has 0 aliphatic carbocycles. The minimum atomic E-state index is -3.21. The third kappa shape index (κ3) is 4.52. The first-order chi connectivity index (χ1) is 14.6. The molecule has 0 saturated carbocycles. The van der Waals surface area contributed by atoms with Gasteiger partial charge >= 0.3 is 0 Å². The van der Waals surface area contributed by atoms with Crippen molar-refractivity contribution >= 4 is 38.3 Å². The number of fused-ring (bicyclic) bond motifs is 1. The van der Waals surface area contributed by atoms with Gasteiger partial charge in [-0.25, -0.2) is 8.42 Å². The number of halogens is 1. The molecule has 1 aromatic heterocycles. The fourth-order valence-electron chi connectivity index (χ4n) is 3.80. The zero-order valence-electron chi connectivity index (χ0n) is 17.2. The van der Waals surface area contributed by atoms with Crippen molar-refractivity contribution in [2.24, 2.45) is 0 Å². The number of carbonyl (C=O) groups is 1. The smallest absolute Gasteiger partial charge is 0.290 e. The van der Waals surface area contributed by atoms with Crippen LogP contribution in [0.4, 0.5) is 0 Å². The van der Waals surface area contributed by atoms with Crippen LogP contribution in [0.5, 0.6) is 0 Å². The molecule has 0 N–H and O–H groups in total. The molecule has 162 valence electrons. The maximum atomic E-state index is 13.4. The normalized spacial score (nSPS) is 17.7. The van der Waals surface area contributed by atoms with Crippen molar-refractivity contribution in [1.29, 1.82) is 0 Å². The summed E-state index contributed by atoms with van der Waals surface area (Å²) in [5, 5.41) is 0.733. The van der Waals surface area contributed by atoms with Crippen LogP contribution in [0.2, 0.25) is 5.02 Å². The minimum Gasteiger partial charge on any atom is -0.451 e. The number of hydrogen-bond acceptors (Lipinski definition) is 5. The van der Waals surface area contributed by atoms with Crippen molar-refractivity contribution < 1.29 is 17.6 Å². The molecule has 4 rings (SSSR count). The van der Waals surface area contributed by atoms with E-state index in [9.17, 15) is 18.0 Å². The maximum absolute atomic E-state index is 13.4. The van der Waals surface area contributed by atoms with E-state index in [2.05, 4.69) is 0 Å². The van der Waals surface area contributed by atoms with Crippen LogP contribution in [-0.2, 0) is 16.4 Å². The molecule has 1 amide bonds. The predicted octanol–water partition coefficient (Wildman–Crippen LogP) is 3.89. The van der Waals surface area contributed by atoms with Gasteiger partial charge in [0, 0.05) is 23.7 Å². The highest BCUT2D eigenvalue weighted by atomic mass is 35.5. The Morgan fingerprint density at radius 2 is 1.87 bits per heavy atom. The summed E-state index contributed by atoms with van der Waals surface area (Å²) in [4.78, 5) is 27.6. The molecule has 1 fully saturated rings. The van der Waals surface area contributed by atoms with E-state index in [1.165, 1.54) is 11.0 Å². The molecule has 1 saturated heterocycles. The standard InChI is InChI=1S/C23H22ClNO5S/c1-14-3-5-16(6-4-14)12-25(17-7-8-31(28,29)13-17)23(27)22-11-20(26)18-10-19(24)15(2)9-21(18)30-22/h3-6,9-11,17H,7-8,12-13H2,1-2H3/t17-/m1/s1. The molecule has 1 aliphatic heterocycles. The first-order valence-corrected chi connectivity index (χ1v) is 12.1. The average Bonchev–Trinajstić information content (AvgIpc) is 3.08. The Bertz CT molecular complexity index is 1330. The van der Waals surface area contributed by atoms with Crippen molar-refractivity contribution in [3.63, 3.8) is 0 Å². The highest BCUT2D eigenvalue weighted by Crippen LogP contribution is 2.25. The Morgan fingerprint density at radius 3 is 2.52 bits per heavy atom. The first-order valence-electron chi connectivity index (χ1n) is 9.94. The van der Waals surface area contributed by atoms with Gasteiger partial charge in [0.1, 0.15) is 5.58 Å². The minimum absolute atomic E-state index is 0.0364. The van der Waals surface area contributed by atoms with Crippen molar-refractivity contribution in [2.75, 3.05) is 11.5 Å². The van der Waals surface area contributed by atoms with E-state index in [1.54, 1.807) is 13.0 Å². The van der Waals surface area contributed by atoms with E-state index >= 15 is 0 Å². The molecule has 0 radical (unpaired) electrons. The molecule has 2 heterocycles. The zero-order chi connectivity index (χ0) is 22.3. The van der Waals surface area contributed by atoms with Gasteiger partial charge in [0.2, 0.25) is 0 Å². The van der Waals surface area contributed by atoms with Gasteiger partial charge in [0.05, 0.1) is 16.9 Å². The van der Waals surface area contributed by atoms with Crippen LogP contribution in [0, 0.1) is 13.8 Å². The van der Waals surface area contributed by atoms with Crippen molar-refractivity contribution in [3.8, 4) is 0 Å². The Morgan fingerprint density at radius 1 is 1.16 bits per heavy atom. The summed E-state index contributed by atoms with van der Waals surface area (Å²) in [5.74, 6) is -0.684. The number of amides is 1. The lowest BCUT2D eigenvalue weighted by molar-refractivity contribution is 0.0648. The molecule has 1 aliphatic rings. The number of benzene rings is 2. The maximum Gasteiger partial charge on any atom is 0.290 e. The highest BCUT2D eigenvalue weighted by molar-refractivity contribution is 7.91. The monoisotopic (exact) mass is 459 g/mol. The summed E-state index contributed by atoms with van der Waals surface area (Å²) >= 11 is 6.11. The van der Waals surface area contributed by atoms with E-state index in [0.29, 0.717) is 16.8 Å². The van der Waals surface area contributed by atoms with Gasteiger partial charge in [-0.05, 0) is 43.5 Å². The Hall–Kier alpha value is -2.64. The lowest BCUT2D eigenvalue weighted by Gasteiger charge is -2.28. The molecule has 31 heavy (non-hydrogen) atoms. The molecule has 2 aromatic carbocycles. The Kier molecular flexibility index (Phi) is 5.66. The topological polar surface area (TPSA) is 84.7 Å². The fraction of sp³-hybridized carbons (Fsp3) is 0.304. The third-order valence-corrected chi connectivity index (χ3v) is 7.76. The van der Waals surface area contributed by atoms with Crippen molar-refractivity contribution in [2.45, 2.75) is 32.9 Å². The Labute approximate surface area is 185 Å². The molecular weight excluding hydrogens is 438 g/mol. The largest absolute Gasteiger partial charge is 0.451 e. The second kappa shape index (κ2) is 8.13. The lowest BCUT2D eigenvalue weighted by atomic mass is 10.1. The molecule has 0 unspecified atom stereocenters. The summed E-state index contributed by atoms with van der Waals surface area (Å²) in [6.45, 7) is 3.97. The average molecular weight is 460 g/mol. The molecule has 1 atom stereocenters. The number of rotatable bonds is 4. The number of carbonyl (C=O) groups excluding carboxylic acids is 1. The van der Waals surface area contributed by atoms with E-state index in [0.717, 1.165) is 22.8 Å². The summed E-state index contributed by atoms with van der Waals surface area (Å²) < 4.78 is 29.9. The molecule has 6 nitrogen and oxygen atoms in total. The van der Waals surface area contributed by atoms with E-state index in [4.69, 9.17) is 16.0 Å². The third-order valence-electron chi connectivity index (χ3n) is 5.60. The van der Waals surface area contributed by atoms with Crippen LogP contribution in [0.25, 0.3) is 11.0 Å². The van der Waals surface area contributed by atoms with Crippen LogP contribution in [0.15, 0.2) is 51.7 Å². The summed E-state index contributed by atoms with van der Waals surface area (Å²) in [7, 11) is -3.21. The van der Waals surface area contributed by atoms with E-state index in [-0.39, 0.29) is 34.8 Å². The zero-order valence-corrected chi connectivity index (χ0v) is 18.8. The number of nitrogens with zero attached hydrogens (tertiary/aromatic N) is 1. The van der Waals surface area contributed by atoms with Gasteiger partial charge in [-0.15, -0.1) is 0 Å². The van der Waals surface area contributed by atoms with Crippen LogP contribution >= 0.6 is 11.6 Å². The predicted molar refractivity (Wildman–Crippen MR) is 120 cm³/mol. The Balaban J connectivity index is 1.75. The van der Waals surface area contributed by atoms with Crippen molar-refractivity contribution in [3.05, 3.63) is 80.2 Å². The highest BCUT2D eigenvalue weighted by Gasteiger charge is 2.36. The van der Waals surface area contributed by atoms with Gasteiger partial charge in [-0.3, -0.25) is 9.59 Å². The summed E-state index contributed by atoms with van der Waals surface area (Å²) in [6.07, 6.45) is 0.354. The van der Waals surface area contributed by atoms with Gasteiger partial charge in [-0.2, -0.15) is 0 Å². The molecule has 0 spiro atoms. The van der Waals surface area contributed by atoms with E-state index < -0.39 is 21.8 Å². The van der Waals surface area contributed by atoms with Crippen LogP contribution in [0.3, 0.4) is 0 Å². The second-order valence-corrected chi connectivity index (χ2v) is 10.7. The second-order valence-electron chi connectivity index (χ2n) is 8.05. The molecular formula is C23H22ClNO5S. The van der Waals surface area contributed by atoms with Crippen LogP contribution < -0.4 is 5.43 Å². The van der Waals surface area contributed by atoms with E-state index in [1.807, 2.05) is 31.2 Å².